The van der Waals surface area contributed by atoms with Gasteiger partial charge in [0.1, 0.15) is 6.10 Å². The maximum atomic E-state index is 10.9. The number of methoxy groups -OCH3 is 1. The van der Waals surface area contributed by atoms with Crippen LogP contribution in [-0.4, -0.2) is 30.5 Å². The van der Waals surface area contributed by atoms with Gasteiger partial charge >= 0.3 is 11.9 Å². The summed E-state index contributed by atoms with van der Waals surface area (Å²) in [5.74, 6) is -0.803. The third kappa shape index (κ3) is 5.07. The number of halogens is 1. The first-order valence-corrected chi connectivity index (χ1v) is 4.83. The smallest absolute Gasteiger partial charge is 0.307 e. The van der Waals surface area contributed by atoms with Crippen LogP contribution in [0.3, 0.4) is 0 Å². The fourth-order valence-electron chi connectivity index (χ4n) is 1.00. The van der Waals surface area contributed by atoms with E-state index in [1.54, 1.807) is 0 Å². The molecule has 0 aromatic heterocycles. The lowest BCUT2D eigenvalue weighted by Crippen LogP contribution is -2.28. The molecule has 0 spiro atoms. The van der Waals surface area contributed by atoms with Gasteiger partial charge < -0.3 is 9.47 Å². The summed E-state index contributed by atoms with van der Waals surface area (Å²) in [6.07, 6.45) is 0.183. The average molecular weight is 223 g/mol. The number of ether oxygens (including phenoxy) is 2. The number of carbonyl (C=O) groups is 2. The minimum atomic E-state index is -0.531. The highest BCUT2D eigenvalue weighted by atomic mass is 35.5. The van der Waals surface area contributed by atoms with E-state index in [1.165, 1.54) is 14.0 Å². The molecule has 5 heteroatoms. The third-order valence-electron chi connectivity index (χ3n) is 1.71. The van der Waals surface area contributed by atoms with Gasteiger partial charge in [-0.1, -0.05) is 6.92 Å². The molecule has 4 nitrogen and oxygen atoms in total. The van der Waals surface area contributed by atoms with Gasteiger partial charge in [-0.25, -0.2) is 0 Å². The minimum absolute atomic E-state index is 0.0455. The molecular formula is C9H15ClO4. The van der Waals surface area contributed by atoms with Crippen LogP contribution in [0.5, 0.6) is 0 Å². The molecule has 0 aliphatic carbocycles. The summed E-state index contributed by atoms with van der Waals surface area (Å²) in [4.78, 5) is 21.6. The molecule has 0 N–H and O–H groups in total. The molecule has 14 heavy (non-hydrogen) atoms. The van der Waals surface area contributed by atoms with Gasteiger partial charge in [0.2, 0.25) is 0 Å². The van der Waals surface area contributed by atoms with Crippen molar-refractivity contribution in [1.29, 1.82) is 0 Å². The van der Waals surface area contributed by atoms with Crippen LogP contribution in [0.1, 0.15) is 26.7 Å². The highest BCUT2D eigenvalue weighted by Gasteiger charge is 2.23. The SMILES string of the molecule is CC[C@H](OC(C)=O)[C@@H](Cl)CC(=O)OC. The van der Waals surface area contributed by atoms with Gasteiger partial charge in [0.15, 0.2) is 0 Å². The van der Waals surface area contributed by atoms with Gasteiger partial charge in [0.25, 0.3) is 0 Å². The van der Waals surface area contributed by atoms with E-state index in [4.69, 9.17) is 16.3 Å². The maximum Gasteiger partial charge on any atom is 0.307 e. The molecule has 0 radical (unpaired) electrons. The van der Waals surface area contributed by atoms with Gasteiger partial charge in [0, 0.05) is 6.92 Å². The Bertz CT molecular complexity index is 205. The zero-order valence-corrected chi connectivity index (χ0v) is 9.34. The number of carbonyl (C=O) groups excluding carboxylic acids is 2. The van der Waals surface area contributed by atoms with Crippen LogP contribution >= 0.6 is 11.6 Å². The molecule has 0 unspecified atom stereocenters. The Balaban J connectivity index is 4.09. The molecule has 0 amide bonds. The molecule has 82 valence electrons. The van der Waals surface area contributed by atoms with Gasteiger partial charge in [0.05, 0.1) is 18.9 Å². The van der Waals surface area contributed by atoms with E-state index in [0.29, 0.717) is 6.42 Å². The molecule has 2 atom stereocenters. The highest BCUT2D eigenvalue weighted by molar-refractivity contribution is 6.22. The third-order valence-corrected chi connectivity index (χ3v) is 2.15. The van der Waals surface area contributed by atoms with Gasteiger partial charge in [-0.2, -0.15) is 0 Å². The van der Waals surface area contributed by atoms with Crippen LogP contribution in [0, 0.1) is 0 Å². The molecule has 0 saturated carbocycles. The Morgan fingerprint density at radius 2 is 2.00 bits per heavy atom. The fourth-order valence-corrected chi connectivity index (χ4v) is 1.36. The van der Waals surface area contributed by atoms with Crippen LogP contribution < -0.4 is 0 Å². The van der Waals surface area contributed by atoms with Crippen molar-refractivity contribution in [3.8, 4) is 0 Å². The molecule has 0 aliphatic heterocycles. The molecule has 0 saturated heterocycles. The Morgan fingerprint density at radius 1 is 1.43 bits per heavy atom. The van der Waals surface area contributed by atoms with Gasteiger partial charge in [-0.05, 0) is 6.42 Å². The van der Waals surface area contributed by atoms with E-state index < -0.39 is 23.4 Å². The van der Waals surface area contributed by atoms with Crippen LogP contribution in [0.4, 0.5) is 0 Å². The van der Waals surface area contributed by atoms with Crippen molar-refractivity contribution >= 4 is 23.5 Å². The largest absolute Gasteiger partial charge is 0.469 e. The van der Waals surface area contributed by atoms with E-state index in [2.05, 4.69) is 4.74 Å². The summed E-state index contributed by atoms with van der Waals surface area (Å²) in [6, 6.07) is 0. The van der Waals surface area contributed by atoms with Crippen molar-refractivity contribution < 1.29 is 19.1 Å². The summed E-state index contributed by atoms with van der Waals surface area (Å²) in [5, 5.41) is -0.531. The second kappa shape index (κ2) is 6.65. The summed E-state index contributed by atoms with van der Waals surface area (Å²) in [6.45, 7) is 3.14. The van der Waals surface area contributed by atoms with Gasteiger partial charge in [-0.3, -0.25) is 9.59 Å². The number of esters is 2. The number of alkyl halides is 1. The summed E-state index contributed by atoms with van der Waals surface area (Å²) in [5.41, 5.74) is 0. The quantitative estimate of drug-likeness (QED) is 0.523. The van der Waals surface area contributed by atoms with Crippen molar-refractivity contribution in [1.82, 2.24) is 0 Å². The molecule has 0 rings (SSSR count). The highest BCUT2D eigenvalue weighted by Crippen LogP contribution is 2.15. The first-order chi connectivity index (χ1) is 6.51. The first kappa shape index (κ1) is 13.2. The average Bonchev–Trinajstić information content (AvgIpc) is 2.13. The summed E-state index contributed by atoms with van der Waals surface area (Å²) < 4.78 is 9.38. The molecule has 0 heterocycles. The van der Waals surface area contributed by atoms with E-state index in [0.717, 1.165) is 0 Å². The summed E-state index contributed by atoms with van der Waals surface area (Å²) in [7, 11) is 1.29. The van der Waals surface area contributed by atoms with Gasteiger partial charge in [-0.15, -0.1) is 11.6 Å². The predicted molar refractivity (Wildman–Crippen MR) is 52.1 cm³/mol. The van der Waals surface area contributed by atoms with Crippen LogP contribution in [-0.2, 0) is 19.1 Å². The van der Waals surface area contributed by atoms with Crippen molar-refractivity contribution in [2.75, 3.05) is 7.11 Å². The minimum Gasteiger partial charge on any atom is -0.469 e. The predicted octanol–water partition coefficient (Wildman–Crippen LogP) is 1.50. The molecule has 0 fully saturated rings. The standard InChI is InChI=1S/C9H15ClO4/c1-4-8(14-6(2)11)7(10)5-9(12)13-3/h7-8H,4-5H2,1-3H3/t7-,8-/m0/s1. The second-order valence-electron chi connectivity index (χ2n) is 2.85. The number of hydrogen-bond acceptors (Lipinski definition) is 4. The molecule has 0 aromatic carbocycles. The number of rotatable bonds is 5. The zero-order valence-electron chi connectivity index (χ0n) is 8.58. The van der Waals surface area contributed by atoms with E-state index in [9.17, 15) is 9.59 Å². The molecular weight excluding hydrogens is 208 g/mol. The van der Waals surface area contributed by atoms with Crippen molar-refractivity contribution in [3.05, 3.63) is 0 Å². The van der Waals surface area contributed by atoms with Crippen molar-refractivity contribution in [2.24, 2.45) is 0 Å². The lowest BCUT2D eigenvalue weighted by Gasteiger charge is -2.19. The topological polar surface area (TPSA) is 52.6 Å². The maximum absolute atomic E-state index is 10.9. The summed E-state index contributed by atoms with van der Waals surface area (Å²) >= 11 is 5.89. The second-order valence-corrected chi connectivity index (χ2v) is 3.41. The van der Waals surface area contributed by atoms with Crippen molar-refractivity contribution in [3.63, 3.8) is 0 Å². The van der Waals surface area contributed by atoms with E-state index in [-0.39, 0.29) is 6.42 Å². The fraction of sp³-hybridized carbons (Fsp3) is 0.778. The molecule has 0 aliphatic rings. The number of hydrogen-bond donors (Lipinski definition) is 0. The first-order valence-electron chi connectivity index (χ1n) is 4.39. The van der Waals surface area contributed by atoms with Crippen molar-refractivity contribution in [2.45, 2.75) is 38.2 Å². The Morgan fingerprint density at radius 3 is 2.36 bits per heavy atom. The monoisotopic (exact) mass is 222 g/mol. The van der Waals surface area contributed by atoms with E-state index >= 15 is 0 Å². The lowest BCUT2D eigenvalue weighted by atomic mass is 10.1. The zero-order chi connectivity index (χ0) is 11.1. The molecule has 0 bridgehead atoms. The van der Waals surface area contributed by atoms with Crippen LogP contribution in [0.15, 0.2) is 0 Å². The Kier molecular flexibility index (Phi) is 6.28. The van der Waals surface area contributed by atoms with Crippen LogP contribution in [0.25, 0.3) is 0 Å². The lowest BCUT2D eigenvalue weighted by molar-refractivity contribution is -0.149. The van der Waals surface area contributed by atoms with E-state index in [1.807, 2.05) is 6.92 Å². The normalized spacial score (nSPS) is 14.3. The Labute approximate surface area is 88.5 Å². The molecule has 0 aromatic rings. The Hall–Kier alpha value is -0.770. The van der Waals surface area contributed by atoms with Crippen LogP contribution in [0.2, 0.25) is 0 Å².